The van der Waals surface area contributed by atoms with Crippen molar-refractivity contribution in [1.82, 2.24) is 24.5 Å². The van der Waals surface area contributed by atoms with Gasteiger partial charge in [0.2, 0.25) is 5.91 Å². The predicted octanol–water partition coefficient (Wildman–Crippen LogP) is 0.709. The van der Waals surface area contributed by atoms with Crippen LogP contribution in [0.5, 0.6) is 0 Å². The third-order valence-corrected chi connectivity index (χ3v) is 3.21. The molecule has 1 aliphatic rings. The second-order valence-corrected chi connectivity index (χ2v) is 4.72. The summed E-state index contributed by atoms with van der Waals surface area (Å²) in [6.45, 7) is 2.50. The second kappa shape index (κ2) is 5.72. The minimum atomic E-state index is -0.00621. The van der Waals surface area contributed by atoms with E-state index in [2.05, 4.69) is 25.8 Å². The molecular formula is C12H17N7O. The van der Waals surface area contributed by atoms with E-state index in [0.717, 1.165) is 37.4 Å². The summed E-state index contributed by atoms with van der Waals surface area (Å²) in [5, 5.41) is 14.4. The molecule has 0 aromatic carbocycles. The molecule has 0 saturated carbocycles. The smallest absolute Gasteiger partial charge is 0.224 e. The van der Waals surface area contributed by atoms with E-state index < -0.39 is 0 Å². The number of amides is 1. The van der Waals surface area contributed by atoms with Crippen LogP contribution in [0, 0.1) is 0 Å². The second-order valence-electron chi connectivity index (χ2n) is 4.72. The Balaban J connectivity index is 1.50. The summed E-state index contributed by atoms with van der Waals surface area (Å²) in [7, 11) is 0. The van der Waals surface area contributed by atoms with Gasteiger partial charge in [-0.05, 0) is 12.8 Å². The predicted molar refractivity (Wildman–Crippen MR) is 73.2 cm³/mol. The summed E-state index contributed by atoms with van der Waals surface area (Å²) >= 11 is 0. The summed E-state index contributed by atoms with van der Waals surface area (Å²) in [6, 6.07) is 0. The molecular weight excluding hydrogens is 258 g/mol. The van der Waals surface area contributed by atoms with Crippen molar-refractivity contribution in [3.63, 3.8) is 0 Å². The first-order valence-electron chi connectivity index (χ1n) is 6.75. The Labute approximate surface area is 116 Å². The van der Waals surface area contributed by atoms with Gasteiger partial charge in [0.25, 0.3) is 0 Å². The van der Waals surface area contributed by atoms with E-state index in [9.17, 15) is 4.79 Å². The number of aryl methyl sites for hydroxylation is 2. The monoisotopic (exact) mass is 275 g/mol. The standard InChI is InChI=1S/C12H17N7O/c20-11(3-1-5-18-9-13-8-16-18)17-10-7-15-19-6-2-4-14-12(10)19/h7-9,14H,1-6H2,(H,17,20). The summed E-state index contributed by atoms with van der Waals surface area (Å²) in [5.41, 5.74) is 0.760. The van der Waals surface area contributed by atoms with Crippen molar-refractivity contribution in [3.05, 3.63) is 18.9 Å². The van der Waals surface area contributed by atoms with Crippen LogP contribution in [0.4, 0.5) is 11.5 Å². The number of carbonyl (C=O) groups excluding carboxylic acids is 1. The van der Waals surface area contributed by atoms with Gasteiger partial charge in [-0.25, -0.2) is 9.67 Å². The molecule has 2 aromatic heterocycles. The first-order chi connectivity index (χ1) is 9.83. The van der Waals surface area contributed by atoms with Gasteiger partial charge in [0, 0.05) is 26.1 Å². The zero-order valence-corrected chi connectivity index (χ0v) is 11.1. The minimum Gasteiger partial charge on any atom is -0.368 e. The maximum atomic E-state index is 11.9. The number of hydrogen-bond acceptors (Lipinski definition) is 5. The molecule has 0 spiro atoms. The van der Waals surface area contributed by atoms with Crippen molar-refractivity contribution in [2.24, 2.45) is 0 Å². The highest BCUT2D eigenvalue weighted by atomic mass is 16.1. The van der Waals surface area contributed by atoms with Crippen molar-refractivity contribution in [3.8, 4) is 0 Å². The lowest BCUT2D eigenvalue weighted by Gasteiger charge is -2.17. The summed E-state index contributed by atoms with van der Waals surface area (Å²) in [4.78, 5) is 15.8. The molecule has 8 heteroatoms. The van der Waals surface area contributed by atoms with Crippen molar-refractivity contribution in [1.29, 1.82) is 0 Å². The van der Waals surface area contributed by atoms with Crippen LogP contribution in [0.2, 0.25) is 0 Å². The minimum absolute atomic E-state index is 0.00621. The van der Waals surface area contributed by atoms with Gasteiger partial charge < -0.3 is 10.6 Å². The number of rotatable bonds is 5. The highest BCUT2D eigenvalue weighted by Gasteiger charge is 2.15. The van der Waals surface area contributed by atoms with Crippen LogP contribution >= 0.6 is 0 Å². The first kappa shape index (κ1) is 12.6. The number of aromatic nitrogens is 5. The lowest BCUT2D eigenvalue weighted by Crippen LogP contribution is -2.19. The average Bonchev–Trinajstić information content (AvgIpc) is 3.09. The van der Waals surface area contributed by atoms with E-state index in [1.807, 2.05) is 4.68 Å². The lowest BCUT2D eigenvalue weighted by molar-refractivity contribution is -0.116. The Bertz CT molecular complexity index is 575. The highest BCUT2D eigenvalue weighted by Crippen LogP contribution is 2.24. The number of hydrogen-bond donors (Lipinski definition) is 2. The molecule has 0 radical (unpaired) electrons. The van der Waals surface area contributed by atoms with Crippen LogP contribution in [0.3, 0.4) is 0 Å². The van der Waals surface area contributed by atoms with Crippen LogP contribution in [0.25, 0.3) is 0 Å². The van der Waals surface area contributed by atoms with Crippen LogP contribution in [-0.4, -0.2) is 37.0 Å². The SMILES string of the molecule is O=C(CCCn1cncn1)Nc1cnn2c1NCCC2. The van der Waals surface area contributed by atoms with E-state index in [0.29, 0.717) is 13.0 Å². The fourth-order valence-electron chi connectivity index (χ4n) is 2.23. The number of nitrogens with one attached hydrogen (secondary N) is 2. The van der Waals surface area contributed by atoms with Gasteiger partial charge in [0.15, 0.2) is 0 Å². The van der Waals surface area contributed by atoms with Crippen molar-refractivity contribution in [2.45, 2.75) is 32.4 Å². The fraction of sp³-hybridized carbons (Fsp3) is 0.500. The maximum absolute atomic E-state index is 11.9. The molecule has 20 heavy (non-hydrogen) atoms. The van der Waals surface area contributed by atoms with E-state index in [1.165, 1.54) is 6.33 Å². The Morgan fingerprint density at radius 3 is 3.25 bits per heavy atom. The number of fused-ring (bicyclic) bond motifs is 1. The molecule has 0 fully saturated rings. The van der Waals surface area contributed by atoms with Crippen molar-refractivity contribution >= 4 is 17.4 Å². The molecule has 8 nitrogen and oxygen atoms in total. The molecule has 0 saturated heterocycles. The van der Waals surface area contributed by atoms with E-state index in [1.54, 1.807) is 17.2 Å². The van der Waals surface area contributed by atoms with Gasteiger partial charge in [0.05, 0.1) is 6.20 Å². The van der Waals surface area contributed by atoms with E-state index in [4.69, 9.17) is 0 Å². The third-order valence-electron chi connectivity index (χ3n) is 3.21. The van der Waals surface area contributed by atoms with Crippen molar-refractivity contribution in [2.75, 3.05) is 17.2 Å². The maximum Gasteiger partial charge on any atom is 0.224 e. The molecule has 1 amide bonds. The molecule has 2 N–H and O–H groups in total. The molecule has 0 aliphatic carbocycles. The Morgan fingerprint density at radius 2 is 2.40 bits per heavy atom. The van der Waals surface area contributed by atoms with Crippen LogP contribution < -0.4 is 10.6 Å². The Kier molecular flexibility index (Phi) is 3.62. The number of carbonyl (C=O) groups is 1. The molecule has 106 valence electrons. The summed E-state index contributed by atoms with van der Waals surface area (Å²) in [6.07, 6.45) is 7.07. The molecule has 0 unspecified atom stereocenters. The number of nitrogens with zero attached hydrogens (tertiary/aromatic N) is 5. The van der Waals surface area contributed by atoms with Gasteiger partial charge in [-0.2, -0.15) is 10.2 Å². The topological polar surface area (TPSA) is 89.7 Å². The van der Waals surface area contributed by atoms with Gasteiger partial charge in [-0.15, -0.1) is 0 Å². The molecule has 3 heterocycles. The molecule has 3 rings (SSSR count). The van der Waals surface area contributed by atoms with Crippen LogP contribution in [-0.2, 0) is 17.9 Å². The van der Waals surface area contributed by atoms with Crippen molar-refractivity contribution < 1.29 is 4.79 Å². The Morgan fingerprint density at radius 1 is 1.45 bits per heavy atom. The fourth-order valence-corrected chi connectivity index (χ4v) is 2.23. The molecule has 0 atom stereocenters. The quantitative estimate of drug-likeness (QED) is 0.838. The summed E-state index contributed by atoms with van der Waals surface area (Å²) < 4.78 is 3.60. The normalized spacial score (nSPS) is 13.6. The summed E-state index contributed by atoms with van der Waals surface area (Å²) in [5.74, 6) is 0.897. The molecule has 1 aliphatic heterocycles. The average molecular weight is 275 g/mol. The van der Waals surface area contributed by atoms with Crippen LogP contribution in [0.1, 0.15) is 19.3 Å². The van der Waals surface area contributed by atoms with E-state index >= 15 is 0 Å². The number of anilines is 2. The van der Waals surface area contributed by atoms with Gasteiger partial charge in [-0.1, -0.05) is 0 Å². The van der Waals surface area contributed by atoms with Crippen LogP contribution in [0.15, 0.2) is 18.9 Å². The van der Waals surface area contributed by atoms with Gasteiger partial charge in [-0.3, -0.25) is 9.48 Å². The highest BCUT2D eigenvalue weighted by molar-refractivity contribution is 5.93. The first-order valence-corrected chi connectivity index (χ1v) is 6.75. The zero-order valence-electron chi connectivity index (χ0n) is 11.1. The lowest BCUT2D eigenvalue weighted by atomic mass is 10.3. The molecule has 2 aromatic rings. The van der Waals surface area contributed by atoms with E-state index in [-0.39, 0.29) is 5.91 Å². The van der Waals surface area contributed by atoms with Gasteiger partial charge in [0.1, 0.15) is 24.2 Å². The Hall–Kier alpha value is -2.38. The molecule has 0 bridgehead atoms. The third kappa shape index (κ3) is 2.79. The van der Waals surface area contributed by atoms with Gasteiger partial charge >= 0.3 is 0 Å². The zero-order chi connectivity index (χ0) is 13.8. The largest absolute Gasteiger partial charge is 0.368 e.